The first-order valence-electron chi connectivity index (χ1n) is 16.6. The fourth-order valence-corrected chi connectivity index (χ4v) is 9.64. The molecule has 2 N–H and O–H groups in total. The number of fused-ring (bicyclic) bond motifs is 4. The van der Waals surface area contributed by atoms with Gasteiger partial charge in [-0.3, -0.25) is 4.98 Å². The molecule has 3 fully saturated rings. The van der Waals surface area contributed by atoms with Crippen molar-refractivity contribution in [2.24, 2.45) is 11.3 Å². The number of epoxide rings is 1. The summed E-state index contributed by atoms with van der Waals surface area (Å²) in [7, 11) is 0. The molecule has 8 rings (SSSR count). The van der Waals surface area contributed by atoms with Gasteiger partial charge in [0, 0.05) is 46.4 Å². The summed E-state index contributed by atoms with van der Waals surface area (Å²) >= 11 is 0. The summed E-state index contributed by atoms with van der Waals surface area (Å²) in [6.07, 6.45) is 25.5. The van der Waals surface area contributed by atoms with Crippen molar-refractivity contribution >= 4 is 21.8 Å². The number of rotatable bonds is 1. The Balaban J connectivity index is 1.30. The highest BCUT2D eigenvalue weighted by atomic mass is 16.6. The summed E-state index contributed by atoms with van der Waals surface area (Å²) < 4.78 is 7.19. The summed E-state index contributed by atoms with van der Waals surface area (Å²) in [5.74, 6) is 0.867. The predicted octanol–water partition coefficient (Wildman–Crippen LogP) is 7.26. The number of allylic oxidation sites excluding steroid dienone is 4. The number of ether oxygens (including phenoxy) is 1. The van der Waals surface area contributed by atoms with E-state index in [1.54, 1.807) is 0 Å². The molecule has 6 heterocycles. The first kappa shape index (κ1) is 26.2. The molecular weight excluding hydrogens is 504 g/mol. The number of aromatic amines is 1. The molecule has 4 aliphatic heterocycles. The normalized spacial score (nSPS) is 39.4. The fourth-order valence-electron chi connectivity index (χ4n) is 9.64. The van der Waals surface area contributed by atoms with E-state index in [0.717, 1.165) is 19.4 Å². The van der Waals surface area contributed by atoms with Gasteiger partial charge in [-0.15, -0.1) is 0 Å². The zero-order valence-electron chi connectivity index (χ0n) is 24.5. The van der Waals surface area contributed by atoms with E-state index in [9.17, 15) is 0 Å². The van der Waals surface area contributed by atoms with Gasteiger partial charge in [0.05, 0.1) is 17.3 Å². The molecule has 2 saturated heterocycles. The highest BCUT2D eigenvalue weighted by Gasteiger charge is 2.75. The van der Waals surface area contributed by atoms with E-state index in [0.29, 0.717) is 17.9 Å². The van der Waals surface area contributed by atoms with Crippen LogP contribution in [0.25, 0.3) is 21.8 Å². The number of hydrogen-bond acceptors (Lipinski definition) is 4. The molecule has 0 amide bonds. The molecular formula is C36H46N4O. The third-order valence-corrected chi connectivity index (χ3v) is 11.4. The number of hydrogen-bond donors (Lipinski definition) is 2. The number of nitrogens with zero attached hydrogens (tertiary/aromatic N) is 2. The largest absolute Gasteiger partial charge is 0.364 e. The van der Waals surface area contributed by atoms with Crippen LogP contribution in [0.3, 0.4) is 0 Å². The van der Waals surface area contributed by atoms with Crippen molar-refractivity contribution in [2.75, 3.05) is 26.2 Å². The maximum Gasteiger partial charge on any atom is 0.112 e. The lowest BCUT2D eigenvalue weighted by atomic mass is 9.50. The topological polar surface area (TPSA) is 56.5 Å². The van der Waals surface area contributed by atoms with Crippen LogP contribution in [0.2, 0.25) is 0 Å². The Bertz CT molecular complexity index is 1460. The maximum atomic E-state index is 7.19. The first-order valence-corrected chi connectivity index (χ1v) is 16.6. The Kier molecular flexibility index (Phi) is 6.81. The molecule has 216 valence electrons. The van der Waals surface area contributed by atoms with Gasteiger partial charge in [0.15, 0.2) is 0 Å². The van der Waals surface area contributed by atoms with Crippen LogP contribution in [0.4, 0.5) is 0 Å². The van der Waals surface area contributed by atoms with Crippen molar-refractivity contribution in [1.29, 1.82) is 0 Å². The predicted molar refractivity (Wildman–Crippen MR) is 167 cm³/mol. The number of para-hydroxylation sites is 1. The maximum absolute atomic E-state index is 7.19. The first-order chi connectivity index (χ1) is 20.3. The molecule has 5 aliphatic rings. The van der Waals surface area contributed by atoms with E-state index in [4.69, 9.17) is 9.72 Å². The number of aromatic nitrogens is 2. The quantitative estimate of drug-likeness (QED) is 0.247. The van der Waals surface area contributed by atoms with E-state index in [2.05, 4.69) is 76.0 Å². The van der Waals surface area contributed by atoms with E-state index >= 15 is 0 Å². The molecule has 2 aromatic heterocycles. The monoisotopic (exact) mass is 550 g/mol. The third-order valence-electron chi connectivity index (χ3n) is 11.4. The lowest BCUT2D eigenvalue weighted by Gasteiger charge is -2.59. The second-order valence-electron chi connectivity index (χ2n) is 13.6. The van der Waals surface area contributed by atoms with Gasteiger partial charge in [-0.1, -0.05) is 42.5 Å². The highest BCUT2D eigenvalue weighted by molar-refractivity contribution is 6.07. The van der Waals surface area contributed by atoms with Gasteiger partial charge < -0.3 is 19.9 Å². The molecule has 0 radical (unpaired) electrons. The van der Waals surface area contributed by atoms with Crippen molar-refractivity contribution in [2.45, 2.75) is 94.3 Å². The zero-order chi connectivity index (χ0) is 27.3. The van der Waals surface area contributed by atoms with Gasteiger partial charge in [0.1, 0.15) is 5.60 Å². The molecule has 3 aromatic rings. The Labute approximate surface area is 244 Å². The summed E-state index contributed by atoms with van der Waals surface area (Å²) in [6.45, 7) is 4.71. The standard InChI is InChI=1S/C36H46N4O/c1-3-7-13-21-38-34-35(19-11-5-1)25-40-23-14-8-4-2-6-12-20-36(34)33(41-36)30(28(35)18-24-40)32-31-27(17-22-37-32)26-15-9-10-16-29(26)39-31/h1-2,5-6,9-10,15-17,22,28,30,33-34,38-39H,3-4,7-8,11-14,18-21,23-25H2/b5-1-,6-2+/t28-,30-,33+,34-,35+,36+/m1/s1. The van der Waals surface area contributed by atoms with Crippen molar-refractivity contribution in [3.63, 3.8) is 0 Å². The van der Waals surface area contributed by atoms with Gasteiger partial charge in [-0.2, -0.15) is 0 Å². The second kappa shape index (κ2) is 10.7. The molecule has 7 atom stereocenters. The Morgan fingerprint density at radius 3 is 2.61 bits per heavy atom. The van der Waals surface area contributed by atoms with Crippen LogP contribution < -0.4 is 5.32 Å². The van der Waals surface area contributed by atoms with Gasteiger partial charge in [0.25, 0.3) is 0 Å². The van der Waals surface area contributed by atoms with Gasteiger partial charge in [0.2, 0.25) is 0 Å². The molecule has 1 aliphatic carbocycles. The van der Waals surface area contributed by atoms with Gasteiger partial charge >= 0.3 is 0 Å². The molecule has 1 saturated carbocycles. The van der Waals surface area contributed by atoms with Crippen molar-refractivity contribution in [3.05, 3.63) is 66.5 Å². The molecule has 1 unspecified atom stereocenters. The van der Waals surface area contributed by atoms with Crippen LogP contribution >= 0.6 is 0 Å². The smallest absolute Gasteiger partial charge is 0.112 e. The van der Waals surface area contributed by atoms with Crippen molar-refractivity contribution in [3.8, 4) is 0 Å². The van der Waals surface area contributed by atoms with E-state index in [1.807, 2.05) is 0 Å². The molecule has 1 aromatic carbocycles. The summed E-state index contributed by atoms with van der Waals surface area (Å²) in [5, 5.41) is 6.86. The van der Waals surface area contributed by atoms with Crippen LogP contribution in [-0.2, 0) is 4.74 Å². The minimum Gasteiger partial charge on any atom is -0.364 e. The zero-order valence-corrected chi connectivity index (χ0v) is 24.5. The van der Waals surface area contributed by atoms with Crippen LogP contribution in [-0.4, -0.2) is 58.8 Å². The SMILES string of the molecule is C1=C\CC[C@]23CN4CCCC/C=C/CC[C@@]5(O[C@H]5[C@@H](c5nccc6c5[nH]c5ccccc56)[C@H]2CC4)[C@@H]3NCCCC/1. The number of nitrogens with one attached hydrogen (secondary N) is 2. The van der Waals surface area contributed by atoms with Crippen LogP contribution in [0, 0.1) is 11.3 Å². The molecule has 5 heteroatoms. The number of benzene rings is 1. The van der Waals surface area contributed by atoms with E-state index in [1.165, 1.54) is 105 Å². The Morgan fingerprint density at radius 1 is 0.854 bits per heavy atom. The van der Waals surface area contributed by atoms with Crippen LogP contribution in [0.15, 0.2) is 60.8 Å². The highest BCUT2D eigenvalue weighted by Crippen LogP contribution is 2.67. The molecule has 3 bridgehead atoms. The number of piperidine rings is 1. The lowest BCUT2D eigenvalue weighted by molar-refractivity contribution is -0.0577. The minimum absolute atomic E-state index is 0.115. The number of pyridine rings is 1. The van der Waals surface area contributed by atoms with Crippen LogP contribution in [0.1, 0.15) is 82.2 Å². The Morgan fingerprint density at radius 2 is 1.68 bits per heavy atom. The van der Waals surface area contributed by atoms with E-state index in [-0.39, 0.29) is 17.1 Å². The average molecular weight is 551 g/mol. The van der Waals surface area contributed by atoms with Gasteiger partial charge in [-0.25, -0.2) is 0 Å². The Hall–Kier alpha value is -2.47. The van der Waals surface area contributed by atoms with Crippen molar-refractivity contribution < 1.29 is 4.74 Å². The third kappa shape index (κ3) is 4.34. The summed E-state index contributed by atoms with van der Waals surface area (Å²) in [4.78, 5) is 11.9. The number of H-pyrrole nitrogens is 1. The molecule has 2 spiro atoms. The van der Waals surface area contributed by atoms with E-state index < -0.39 is 0 Å². The summed E-state index contributed by atoms with van der Waals surface area (Å²) in [6, 6.07) is 11.4. The lowest BCUT2D eigenvalue weighted by Crippen LogP contribution is -2.68. The van der Waals surface area contributed by atoms with Crippen molar-refractivity contribution in [1.82, 2.24) is 20.2 Å². The summed E-state index contributed by atoms with van der Waals surface area (Å²) in [5.41, 5.74) is 3.75. The molecule has 5 nitrogen and oxygen atoms in total. The fraction of sp³-hybridized carbons (Fsp3) is 0.583. The second-order valence-corrected chi connectivity index (χ2v) is 13.6. The van der Waals surface area contributed by atoms with Crippen LogP contribution in [0.5, 0.6) is 0 Å². The average Bonchev–Trinajstić information content (AvgIpc) is 3.59. The van der Waals surface area contributed by atoms with Gasteiger partial charge in [-0.05, 0) is 108 Å². The molecule has 41 heavy (non-hydrogen) atoms. The minimum atomic E-state index is -0.115.